The first-order valence-corrected chi connectivity index (χ1v) is 4.84. The molecule has 0 heterocycles. The Labute approximate surface area is 92.7 Å². The highest BCUT2D eigenvalue weighted by Crippen LogP contribution is 2.29. The van der Waals surface area contributed by atoms with E-state index in [2.05, 4.69) is 0 Å². The summed E-state index contributed by atoms with van der Waals surface area (Å²) >= 11 is 5.63. The molecule has 0 unspecified atom stereocenters. The third-order valence-corrected chi connectivity index (χ3v) is 2.41. The Morgan fingerprint density at radius 1 is 1.40 bits per heavy atom. The maximum absolute atomic E-state index is 13.5. The number of aromatic carboxylic acids is 1. The van der Waals surface area contributed by atoms with E-state index in [1.54, 1.807) is 0 Å². The molecule has 0 atom stereocenters. The van der Waals surface area contributed by atoms with Crippen LogP contribution in [0.25, 0.3) is 0 Å². The molecule has 0 radical (unpaired) electrons. The van der Waals surface area contributed by atoms with Crippen LogP contribution < -0.4 is 0 Å². The van der Waals surface area contributed by atoms with E-state index in [0.717, 1.165) is 6.07 Å². The first-order chi connectivity index (χ1) is 6.73. The summed E-state index contributed by atoms with van der Waals surface area (Å²) in [7, 11) is 0. The fourth-order valence-electron chi connectivity index (χ4n) is 1.29. The highest BCUT2D eigenvalue weighted by molar-refractivity contribution is 6.33. The molecule has 0 aliphatic heterocycles. The first-order valence-electron chi connectivity index (χ1n) is 4.46. The zero-order valence-corrected chi connectivity index (χ0v) is 9.52. The van der Waals surface area contributed by atoms with E-state index in [-0.39, 0.29) is 10.6 Å². The Bertz CT molecular complexity index is 408. The van der Waals surface area contributed by atoms with Crippen LogP contribution in [-0.2, 0) is 5.41 Å². The molecular formula is C11H12ClFO2. The Morgan fingerprint density at radius 3 is 2.33 bits per heavy atom. The topological polar surface area (TPSA) is 37.3 Å². The molecule has 1 N–H and O–H groups in total. The Hall–Kier alpha value is -1.09. The van der Waals surface area contributed by atoms with Crippen LogP contribution in [0.15, 0.2) is 12.1 Å². The van der Waals surface area contributed by atoms with Crippen molar-refractivity contribution < 1.29 is 14.3 Å². The highest BCUT2D eigenvalue weighted by atomic mass is 35.5. The fraction of sp³-hybridized carbons (Fsp3) is 0.364. The number of carboxylic acid groups (broad SMARTS) is 1. The van der Waals surface area contributed by atoms with E-state index < -0.39 is 17.2 Å². The highest BCUT2D eigenvalue weighted by Gasteiger charge is 2.22. The van der Waals surface area contributed by atoms with Gasteiger partial charge in [0.05, 0.1) is 10.6 Å². The van der Waals surface area contributed by atoms with Crippen molar-refractivity contribution in [3.05, 3.63) is 34.1 Å². The quantitative estimate of drug-likeness (QED) is 0.802. The van der Waals surface area contributed by atoms with Gasteiger partial charge in [-0.3, -0.25) is 0 Å². The van der Waals surface area contributed by atoms with Gasteiger partial charge in [-0.15, -0.1) is 0 Å². The maximum atomic E-state index is 13.5. The maximum Gasteiger partial charge on any atom is 0.337 e. The molecule has 0 saturated carbocycles. The molecule has 0 fully saturated rings. The smallest absolute Gasteiger partial charge is 0.337 e. The van der Waals surface area contributed by atoms with E-state index in [1.165, 1.54) is 6.07 Å². The Morgan fingerprint density at radius 2 is 1.93 bits per heavy atom. The molecule has 1 rings (SSSR count). The second-order valence-electron chi connectivity index (χ2n) is 4.37. The van der Waals surface area contributed by atoms with Gasteiger partial charge >= 0.3 is 5.97 Å². The number of hydrogen-bond donors (Lipinski definition) is 1. The molecule has 0 spiro atoms. The fourth-order valence-corrected chi connectivity index (χ4v) is 1.52. The lowest BCUT2D eigenvalue weighted by atomic mass is 9.85. The molecule has 1 aromatic carbocycles. The monoisotopic (exact) mass is 230 g/mol. The van der Waals surface area contributed by atoms with E-state index in [9.17, 15) is 9.18 Å². The van der Waals surface area contributed by atoms with Gasteiger partial charge in [0.15, 0.2) is 0 Å². The summed E-state index contributed by atoms with van der Waals surface area (Å²) < 4.78 is 13.5. The van der Waals surface area contributed by atoms with Crippen LogP contribution in [-0.4, -0.2) is 11.1 Å². The standard InChI is InChI=1S/C11H12ClFO2/c1-11(2,3)7-4-6(10(14)15)8(12)5-9(7)13/h4-5H,1-3H3,(H,14,15). The Balaban J connectivity index is 3.43. The minimum Gasteiger partial charge on any atom is -0.478 e. The summed E-state index contributed by atoms with van der Waals surface area (Å²) in [5.41, 5.74) is -0.161. The van der Waals surface area contributed by atoms with Crippen molar-refractivity contribution in [2.75, 3.05) is 0 Å². The number of carbonyl (C=O) groups is 1. The van der Waals surface area contributed by atoms with Gasteiger partial charge < -0.3 is 5.11 Å². The van der Waals surface area contributed by atoms with Crippen molar-refractivity contribution in [2.24, 2.45) is 0 Å². The SMILES string of the molecule is CC(C)(C)c1cc(C(=O)O)c(Cl)cc1F. The van der Waals surface area contributed by atoms with Gasteiger partial charge in [-0.1, -0.05) is 32.4 Å². The van der Waals surface area contributed by atoms with Crippen molar-refractivity contribution in [1.82, 2.24) is 0 Å². The van der Waals surface area contributed by atoms with Crippen LogP contribution >= 0.6 is 11.6 Å². The largest absolute Gasteiger partial charge is 0.478 e. The van der Waals surface area contributed by atoms with Crippen LogP contribution in [0.4, 0.5) is 4.39 Å². The number of benzene rings is 1. The molecular weight excluding hydrogens is 219 g/mol. The van der Waals surface area contributed by atoms with Crippen molar-refractivity contribution in [3.8, 4) is 0 Å². The zero-order chi connectivity index (χ0) is 11.8. The molecule has 1 aromatic rings. The first kappa shape index (κ1) is 12.0. The summed E-state index contributed by atoms with van der Waals surface area (Å²) in [5, 5.41) is 8.76. The average molecular weight is 231 g/mol. The second kappa shape index (κ2) is 3.81. The van der Waals surface area contributed by atoms with Gasteiger partial charge in [-0.05, 0) is 23.1 Å². The normalized spacial score (nSPS) is 11.5. The van der Waals surface area contributed by atoms with Crippen molar-refractivity contribution in [3.63, 3.8) is 0 Å². The number of hydrogen-bond acceptors (Lipinski definition) is 1. The van der Waals surface area contributed by atoms with Crippen molar-refractivity contribution in [1.29, 1.82) is 0 Å². The van der Waals surface area contributed by atoms with Crippen LogP contribution in [0.2, 0.25) is 5.02 Å². The van der Waals surface area contributed by atoms with Gasteiger partial charge in [0, 0.05) is 0 Å². The summed E-state index contributed by atoms with van der Waals surface area (Å²) in [5.74, 6) is -1.62. The molecule has 0 saturated heterocycles. The Kier molecular flexibility index (Phi) is 3.05. The molecule has 82 valence electrons. The zero-order valence-electron chi connectivity index (χ0n) is 8.77. The van der Waals surface area contributed by atoms with Crippen molar-refractivity contribution in [2.45, 2.75) is 26.2 Å². The lowest BCUT2D eigenvalue weighted by Crippen LogP contribution is -2.15. The lowest BCUT2D eigenvalue weighted by Gasteiger charge is -2.20. The molecule has 0 bridgehead atoms. The third-order valence-electron chi connectivity index (χ3n) is 2.10. The minimum atomic E-state index is -1.15. The predicted octanol–water partition coefficient (Wildman–Crippen LogP) is 3.47. The van der Waals surface area contributed by atoms with Gasteiger partial charge in [0.1, 0.15) is 5.82 Å². The van der Waals surface area contributed by atoms with Crippen LogP contribution in [0.5, 0.6) is 0 Å². The van der Waals surface area contributed by atoms with Gasteiger partial charge in [-0.25, -0.2) is 9.18 Å². The molecule has 15 heavy (non-hydrogen) atoms. The summed E-state index contributed by atoms with van der Waals surface area (Å²) in [6.45, 7) is 5.43. The van der Waals surface area contributed by atoms with E-state index in [1.807, 2.05) is 20.8 Å². The average Bonchev–Trinajstić information content (AvgIpc) is 2.00. The second-order valence-corrected chi connectivity index (χ2v) is 4.77. The molecule has 0 amide bonds. The molecule has 4 heteroatoms. The summed E-state index contributed by atoms with van der Waals surface area (Å²) in [4.78, 5) is 10.8. The van der Waals surface area contributed by atoms with Crippen molar-refractivity contribution >= 4 is 17.6 Å². The molecule has 0 aliphatic carbocycles. The van der Waals surface area contributed by atoms with E-state index >= 15 is 0 Å². The number of halogens is 2. The predicted molar refractivity (Wildman–Crippen MR) is 57.1 cm³/mol. The van der Waals surface area contributed by atoms with E-state index in [4.69, 9.17) is 16.7 Å². The lowest BCUT2D eigenvalue weighted by molar-refractivity contribution is 0.0697. The van der Waals surface area contributed by atoms with Gasteiger partial charge in [0.25, 0.3) is 0 Å². The van der Waals surface area contributed by atoms with Crippen LogP contribution in [0.3, 0.4) is 0 Å². The van der Waals surface area contributed by atoms with Gasteiger partial charge in [0.2, 0.25) is 0 Å². The van der Waals surface area contributed by atoms with Crippen LogP contribution in [0.1, 0.15) is 36.7 Å². The third kappa shape index (κ3) is 2.48. The summed E-state index contributed by atoms with van der Waals surface area (Å²) in [6, 6.07) is 2.34. The molecule has 0 aromatic heterocycles. The van der Waals surface area contributed by atoms with E-state index in [0.29, 0.717) is 5.56 Å². The van der Waals surface area contributed by atoms with Gasteiger partial charge in [-0.2, -0.15) is 0 Å². The number of rotatable bonds is 1. The molecule has 2 nitrogen and oxygen atoms in total. The molecule has 0 aliphatic rings. The summed E-state index contributed by atoms with van der Waals surface area (Å²) in [6.07, 6.45) is 0. The number of carboxylic acids is 1. The van der Waals surface area contributed by atoms with Crippen LogP contribution in [0, 0.1) is 5.82 Å². The minimum absolute atomic E-state index is 0.0667.